The van der Waals surface area contributed by atoms with Crippen LogP contribution in [-0.4, -0.2) is 24.3 Å². The molecule has 3 heteroatoms. The number of hydrogen-bond acceptors (Lipinski definition) is 2. The molecule has 3 nitrogen and oxygen atoms in total. The van der Waals surface area contributed by atoms with Crippen LogP contribution in [0.5, 0.6) is 0 Å². The van der Waals surface area contributed by atoms with Crippen LogP contribution < -0.4 is 0 Å². The first kappa shape index (κ1) is 11.2. The van der Waals surface area contributed by atoms with E-state index in [1.165, 1.54) is 33.3 Å². The smallest absolute Gasteiger partial charge is 0.332 e. The van der Waals surface area contributed by atoms with E-state index < -0.39 is 12.1 Å². The molecule has 3 unspecified atom stereocenters. The maximum absolute atomic E-state index is 9.81. The van der Waals surface area contributed by atoms with Crippen molar-refractivity contribution in [1.82, 2.24) is 0 Å². The zero-order chi connectivity index (χ0) is 10.6. The molecule has 1 N–H and O–H groups in total. The van der Waals surface area contributed by atoms with Gasteiger partial charge in [-0.2, -0.15) is 0 Å². The zero-order valence-corrected chi connectivity index (χ0v) is 8.77. The fourth-order valence-corrected chi connectivity index (χ4v) is 1.82. The van der Waals surface area contributed by atoms with Crippen molar-refractivity contribution in [1.29, 1.82) is 0 Å². The van der Waals surface area contributed by atoms with Crippen LogP contribution in [0.15, 0.2) is 12.2 Å². The highest BCUT2D eigenvalue weighted by molar-refractivity contribution is 5.71. The number of carbonyl (C=O) groups is 1. The van der Waals surface area contributed by atoms with E-state index in [-0.39, 0.29) is 0 Å². The lowest BCUT2D eigenvalue weighted by atomic mass is 10.1. The molecular weight excluding hydrogens is 180 g/mol. The molecule has 1 saturated carbocycles. The zero-order valence-electron chi connectivity index (χ0n) is 8.77. The first-order chi connectivity index (χ1) is 6.63. The Morgan fingerprint density at radius 1 is 1.43 bits per heavy atom. The first-order valence-corrected chi connectivity index (χ1v) is 5.07. The molecule has 0 amide bonds. The van der Waals surface area contributed by atoms with E-state index in [1.54, 1.807) is 0 Å². The predicted molar refractivity (Wildman–Crippen MR) is 54.1 cm³/mol. The minimum absolute atomic E-state index is 0.681. The second-order valence-electron chi connectivity index (χ2n) is 3.93. The van der Waals surface area contributed by atoms with Gasteiger partial charge in [-0.05, 0) is 38.0 Å². The summed E-state index contributed by atoms with van der Waals surface area (Å²) in [4.78, 5) is 9.81. The number of carboxylic acid groups (broad SMARTS) is 1. The van der Waals surface area contributed by atoms with Crippen molar-refractivity contribution in [3.8, 4) is 0 Å². The quantitative estimate of drug-likeness (QED) is 0.691. The second kappa shape index (κ2) is 5.15. The lowest BCUT2D eigenvalue weighted by Crippen LogP contribution is -2.17. The van der Waals surface area contributed by atoms with Crippen molar-refractivity contribution in [3.63, 3.8) is 0 Å². The van der Waals surface area contributed by atoms with Crippen molar-refractivity contribution >= 4 is 5.97 Å². The van der Waals surface area contributed by atoms with Crippen LogP contribution in [0.2, 0.25) is 0 Å². The van der Waals surface area contributed by atoms with Crippen LogP contribution in [0.25, 0.3) is 0 Å². The number of methoxy groups -OCH3 is 1. The van der Waals surface area contributed by atoms with Gasteiger partial charge in [0.2, 0.25) is 0 Å². The second-order valence-corrected chi connectivity index (χ2v) is 3.93. The van der Waals surface area contributed by atoms with E-state index in [9.17, 15) is 4.79 Å². The third-order valence-corrected chi connectivity index (χ3v) is 2.87. The summed E-state index contributed by atoms with van der Waals surface area (Å²) >= 11 is 0. The molecule has 0 aromatic heterocycles. The molecule has 2 aliphatic carbocycles. The van der Waals surface area contributed by atoms with Crippen LogP contribution in [0.1, 0.15) is 26.2 Å². The fourth-order valence-electron chi connectivity index (χ4n) is 1.82. The van der Waals surface area contributed by atoms with Crippen LogP contribution in [0.4, 0.5) is 0 Å². The largest absolute Gasteiger partial charge is 0.479 e. The number of rotatable bonds is 2. The standard InChI is InChI=1S/C7H10.C4H8O3/c1-2-7-4-3-6(1)5-7;1-3(7-2)4(5)6/h1-2,6-7H,3-5H2;3H,1-2H3,(H,5,6). The number of ether oxygens (including phenoxy) is 1. The Morgan fingerprint density at radius 3 is 2.00 bits per heavy atom. The summed E-state index contributed by atoms with van der Waals surface area (Å²) in [6, 6.07) is 0. The van der Waals surface area contributed by atoms with Gasteiger partial charge in [0.05, 0.1) is 0 Å². The van der Waals surface area contributed by atoms with E-state index in [0.29, 0.717) is 0 Å². The molecule has 0 aromatic rings. The summed E-state index contributed by atoms with van der Waals surface area (Å²) in [5.41, 5.74) is 0. The third kappa shape index (κ3) is 3.14. The van der Waals surface area contributed by atoms with Gasteiger partial charge in [0.15, 0.2) is 6.10 Å². The van der Waals surface area contributed by atoms with Gasteiger partial charge in [-0.1, -0.05) is 12.2 Å². The van der Waals surface area contributed by atoms with Crippen molar-refractivity contribution < 1.29 is 14.6 Å². The summed E-state index contributed by atoms with van der Waals surface area (Å²) in [6.45, 7) is 1.47. The van der Waals surface area contributed by atoms with Crippen LogP contribution in [0, 0.1) is 11.8 Å². The van der Waals surface area contributed by atoms with Crippen LogP contribution >= 0.6 is 0 Å². The Hall–Kier alpha value is -0.830. The van der Waals surface area contributed by atoms with E-state index in [2.05, 4.69) is 16.9 Å². The minimum atomic E-state index is -0.928. The molecule has 3 atom stereocenters. The molecule has 14 heavy (non-hydrogen) atoms. The molecule has 0 aromatic carbocycles. The first-order valence-electron chi connectivity index (χ1n) is 5.07. The Balaban J connectivity index is 0.000000140. The number of aliphatic carboxylic acids is 1. The monoisotopic (exact) mass is 198 g/mol. The maximum atomic E-state index is 9.81. The lowest BCUT2D eigenvalue weighted by molar-refractivity contribution is -0.147. The molecule has 2 rings (SSSR count). The van der Waals surface area contributed by atoms with Gasteiger partial charge in [-0.3, -0.25) is 0 Å². The molecule has 0 radical (unpaired) electrons. The average molecular weight is 198 g/mol. The molecule has 2 bridgehead atoms. The van der Waals surface area contributed by atoms with Crippen molar-refractivity contribution in [2.45, 2.75) is 32.3 Å². The number of allylic oxidation sites excluding steroid dienone is 2. The van der Waals surface area contributed by atoms with Crippen LogP contribution in [0.3, 0.4) is 0 Å². The van der Waals surface area contributed by atoms with Gasteiger partial charge < -0.3 is 9.84 Å². The van der Waals surface area contributed by atoms with Crippen molar-refractivity contribution in [2.24, 2.45) is 11.8 Å². The normalized spacial score (nSPS) is 29.6. The van der Waals surface area contributed by atoms with Gasteiger partial charge >= 0.3 is 5.97 Å². The van der Waals surface area contributed by atoms with Crippen LogP contribution in [-0.2, 0) is 9.53 Å². The number of fused-ring (bicyclic) bond motifs is 2. The molecule has 0 saturated heterocycles. The Kier molecular flexibility index (Phi) is 4.14. The highest BCUT2D eigenvalue weighted by atomic mass is 16.5. The summed E-state index contributed by atoms with van der Waals surface area (Å²) in [7, 11) is 1.36. The molecule has 0 aliphatic heterocycles. The Morgan fingerprint density at radius 2 is 1.93 bits per heavy atom. The average Bonchev–Trinajstić information content (AvgIpc) is 2.80. The highest BCUT2D eigenvalue weighted by Gasteiger charge is 2.25. The number of hydrogen-bond donors (Lipinski definition) is 1. The molecule has 0 spiro atoms. The van der Waals surface area contributed by atoms with E-state index in [4.69, 9.17) is 5.11 Å². The Labute approximate surface area is 84.8 Å². The molecule has 80 valence electrons. The van der Waals surface area contributed by atoms with Crippen molar-refractivity contribution in [3.05, 3.63) is 12.2 Å². The topological polar surface area (TPSA) is 46.5 Å². The van der Waals surface area contributed by atoms with Gasteiger partial charge in [0.1, 0.15) is 0 Å². The third-order valence-electron chi connectivity index (χ3n) is 2.87. The van der Waals surface area contributed by atoms with Gasteiger partial charge in [0, 0.05) is 7.11 Å². The predicted octanol–water partition coefficient (Wildman–Crippen LogP) is 2.08. The SMILES string of the molecule is C1=CC2CCC1C2.COC(C)C(=O)O. The summed E-state index contributed by atoms with van der Waals surface area (Å²) in [6.07, 6.45) is 8.50. The van der Waals surface area contributed by atoms with E-state index in [1.807, 2.05) is 0 Å². The summed E-state index contributed by atoms with van der Waals surface area (Å²) < 4.78 is 4.41. The minimum Gasteiger partial charge on any atom is -0.479 e. The highest BCUT2D eigenvalue weighted by Crippen LogP contribution is 2.38. The molecule has 0 heterocycles. The Bertz CT molecular complexity index is 211. The van der Waals surface area contributed by atoms with Gasteiger partial charge in [0.25, 0.3) is 0 Å². The molecule has 1 fully saturated rings. The lowest BCUT2D eigenvalue weighted by Gasteiger charge is -1.98. The fraction of sp³-hybridized carbons (Fsp3) is 0.727. The molecule has 2 aliphatic rings. The van der Waals surface area contributed by atoms with Gasteiger partial charge in [-0.15, -0.1) is 0 Å². The number of carboxylic acids is 1. The summed E-state index contributed by atoms with van der Waals surface area (Å²) in [5, 5.41) is 8.06. The van der Waals surface area contributed by atoms with E-state index >= 15 is 0 Å². The van der Waals surface area contributed by atoms with E-state index in [0.717, 1.165) is 11.8 Å². The summed E-state index contributed by atoms with van der Waals surface area (Å²) in [5.74, 6) is 1.05. The van der Waals surface area contributed by atoms with Crippen molar-refractivity contribution in [2.75, 3.05) is 7.11 Å². The van der Waals surface area contributed by atoms with Gasteiger partial charge in [-0.25, -0.2) is 4.79 Å². The molecular formula is C11H18O3. The maximum Gasteiger partial charge on any atom is 0.332 e.